The minimum absolute atomic E-state index is 0.133. The summed E-state index contributed by atoms with van der Waals surface area (Å²) in [6, 6.07) is 3.69. The van der Waals surface area contributed by atoms with Gasteiger partial charge in [-0.1, -0.05) is 13.3 Å². The summed E-state index contributed by atoms with van der Waals surface area (Å²) in [6.45, 7) is 4.45. The molecule has 1 aromatic rings. The number of carbonyl (C=O) groups is 2. The molecule has 0 bridgehead atoms. The van der Waals surface area contributed by atoms with E-state index in [-0.39, 0.29) is 5.91 Å². The molecule has 1 aromatic heterocycles. The van der Waals surface area contributed by atoms with Crippen molar-refractivity contribution in [2.45, 2.75) is 45.1 Å². The first kappa shape index (κ1) is 14.1. The molecule has 0 saturated carbocycles. The van der Waals surface area contributed by atoms with Crippen LogP contribution < -0.4 is 0 Å². The highest BCUT2D eigenvalue weighted by Crippen LogP contribution is 2.36. The van der Waals surface area contributed by atoms with Gasteiger partial charge in [-0.15, -0.1) is 11.3 Å². The maximum atomic E-state index is 12.5. The number of carboxylic acid groups (broad SMARTS) is 1. The largest absolute Gasteiger partial charge is 0.479 e. The molecule has 5 heteroatoms. The van der Waals surface area contributed by atoms with Gasteiger partial charge in [-0.3, -0.25) is 4.79 Å². The Morgan fingerprint density at radius 2 is 2.21 bits per heavy atom. The van der Waals surface area contributed by atoms with E-state index in [4.69, 9.17) is 0 Å². The summed E-state index contributed by atoms with van der Waals surface area (Å²) in [4.78, 5) is 27.5. The Morgan fingerprint density at radius 1 is 1.47 bits per heavy atom. The number of nitrogens with zero attached hydrogens (tertiary/aromatic N) is 1. The van der Waals surface area contributed by atoms with Crippen LogP contribution in [0.3, 0.4) is 0 Å². The molecule has 1 aliphatic heterocycles. The van der Waals surface area contributed by atoms with Crippen molar-refractivity contribution in [2.75, 3.05) is 6.54 Å². The number of amides is 1. The highest BCUT2D eigenvalue weighted by molar-refractivity contribution is 7.13. The minimum atomic E-state index is -0.996. The molecule has 1 aliphatic rings. The third kappa shape index (κ3) is 2.39. The van der Waals surface area contributed by atoms with E-state index in [9.17, 15) is 14.7 Å². The second-order valence-electron chi connectivity index (χ2n) is 5.06. The second-order valence-corrected chi connectivity index (χ2v) is 6.35. The van der Waals surface area contributed by atoms with Crippen molar-refractivity contribution in [2.24, 2.45) is 0 Å². The minimum Gasteiger partial charge on any atom is -0.479 e. The lowest BCUT2D eigenvalue weighted by Crippen LogP contribution is -2.52. The van der Waals surface area contributed by atoms with E-state index < -0.39 is 11.5 Å². The third-order valence-corrected chi connectivity index (χ3v) is 4.74. The predicted molar refractivity (Wildman–Crippen MR) is 74.6 cm³/mol. The molecular weight excluding hydrogens is 262 g/mol. The molecule has 1 fully saturated rings. The van der Waals surface area contributed by atoms with Gasteiger partial charge in [0.25, 0.3) is 5.91 Å². The van der Waals surface area contributed by atoms with Crippen molar-refractivity contribution >= 4 is 23.2 Å². The van der Waals surface area contributed by atoms with E-state index in [1.807, 2.05) is 19.9 Å². The van der Waals surface area contributed by atoms with Crippen LogP contribution in [0.4, 0.5) is 0 Å². The molecule has 0 spiro atoms. The van der Waals surface area contributed by atoms with E-state index in [2.05, 4.69) is 0 Å². The van der Waals surface area contributed by atoms with Gasteiger partial charge >= 0.3 is 5.97 Å². The van der Waals surface area contributed by atoms with E-state index in [0.717, 1.165) is 17.7 Å². The molecule has 2 heterocycles. The monoisotopic (exact) mass is 281 g/mol. The van der Waals surface area contributed by atoms with Gasteiger partial charge in [0.2, 0.25) is 0 Å². The molecule has 1 amide bonds. The molecule has 2 rings (SSSR count). The highest BCUT2D eigenvalue weighted by Gasteiger charge is 2.49. The zero-order chi connectivity index (χ0) is 14.0. The van der Waals surface area contributed by atoms with Crippen LogP contribution in [0.1, 0.15) is 47.2 Å². The van der Waals surface area contributed by atoms with Crippen LogP contribution in [0, 0.1) is 6.92 Å². The summed E-state index contributed by atoms with van der Waals surface area (Å²) in [5, 5.41) is 9.58. The Bertz CT molecular complexity index is 497. The molecule has 1 saturated heterocycles. The Labute approximate surface area is 117 Å². The number of likely N-dealkylation sites (tertiary alicyclic amines) is 1. The Hall–Kier alpha value is -1.36. The molecule has 4 nitrogen and oxygen atoms in total. The fourth-order valence-electron chi connectivity index (χ4n) is 2.86. The number of carboxylic acids is 1. The summed E-state index contributed by atoms with van der Waals surface area (Å²) >= 11 is 1.43. The molecule has 1 N–H and O–H groups in total. The summed E-state index contributed by atoms with van der Waals surface area (Å²) in [7, 11) is 0. The van der Waals surface area contributed by atoms with Crippen molar-refractivity contribution in [3.8, 4) is 0 Å². The Kier molecular flexibility index (Phi) is 3.94. The summed E-state index contributed by atoms with van der Waals surface area (Å²) < 4.78 is 0. The smallest absolute Gasteiger partial charge is 0.329 e. The van der Waals surface area contributed by atoms with Crippen molar-refractivity contribution in [1.82, 2.24) is 4.90 Å². The number of aryl methyl sites for hydroxylation is 1. The molecule has 1 atom stereocenters. The van der Waals surface area contributed by atoms with Crippen molar-refractivity contribution in [3.05, 3.63) is 21.9 Å². The lowest BCUT2D eigenvalue weighted by atomic mass is 9.90. The maximum absolute atomic E-state index is 12.5. The van der Waals surface area contributed by atoms with E-state index in [0.29, 0.717) is 24.3 Å². The first-order valence-corrected chi connectivity index (χ1v) is 7.44. The molecule has 0 aromatic carbocycles. The van der Waals surface area contributed by atoms with Gasteiger partial charge in [0, 0.05) is 11.4 Å². The molecule has 0 aliphatic carbocycles. The second kappa shape index (κ2) is 5.33. The average Bonchev–Trinajstić information content (AvgIpc) is 2.96. The van der Waals surface area contributed by atoms with Crippen molar-refractivity contribution < 1.29 is 14.7 Å². The van der Waals surface area contributed by atoms with Crippen LogP contribution in [0.25, 0.3) is 0 Å². The maximum Gasteiger partial charge on any atom is 0.329 e. The molecule has 1 unspecified atom stereocenters. The quantitative estimate of drug-likeness (QED) is 0.923. The lowest BCUT2D eigenvalue weighted by Gasteiger charge is -2.34. The first-order chi connectivity index (χ1) is 9.01. The van der Waals surface area contributed by atoms with Gasteiger partial charge in [-0.2, -0.15) is 0 Å². The van der Waals surface area contributed by atoms with Gasteiger partial charge < -0.3 is 10.0 Å². The molecular formula is C14H19NO3S. The fraction of sp³-hybridized carbons (Fsp3) is 0.571. The summed E-state index contributed by atoms with van der Waals surface area (Å²) in [5.74, 6) is -1.00. The lowest BCUT2D eigenvalue weighted by molar-refractivity contribution is -0.148. The van der Waals surface area contributed by atoms with E-state index in [1.165, 1.54) is 11.3 Å². The van der Waals surface area contributed by atoms with E-state index in [1.54, 1.807) is 11.0 Å². The van der Waals surface area contributed by atoms with E-state index >= 15 is 0 Å². The van der Waals surface area contributed by atoms with Crippen LogP contribution in [0.5, 0.6) is 0 Å². The van der Waals surface area contributed by atoms with Crippen LogP contribution in [0.2, 0.25) is 0 Å². The molecule has 19 heavy (non-hydrogen) atoms. The number of aliphatic carboxylic acids is 1. The molecule has 0 radical (unpaired) electrons. The van der Waals surface area contributed by atoms with Gasteiger partial charge in [-0.05, 0) is 38.3 Å². The molecule has 104 valence electrons. The van der Waals surface area contributed by atoms with Crippen LogP contribution in [-0.4, -0.2) is 34.0 Å². The number of hydrogen-bond donors (Lipinski definition) is 1. The summed E-state index contributed by atoms with van der Waals surface area (Å²) in [5.41, 5.74) is -0.996. The summed E-state index contributed by atoms with van der Waals surface area (Å²) in [6.07, 6.45) is 2.62. The highest BCUT2D eigenvalue weighted by atomic mass is 32.1. The SMILES string of the molecule is CCCC1(C(=O)O)CCCN1C(=O)c1ccc(C)s1. The van der Waals surface area contributed by atoms with Crippen LogP contribution in [-0.2, 0) is 4.79 Å². The standard InChI is InChI=1S/C14H19NO3S/c1-3-7-14(13(17)18)8-4-9-15(14)12(16)11-6-5-10(2)19-11/h5-6H,3-4,7-9H2,1-2H3,(H,17,18). The van der Waals surface area contributed by atoms with Crippen LogP contribution in [0.15, 0.2) is 12.1 Å². The number of thiophene rings is 1. The van der Waals surface area contributed by atoms with Crippen LogP contribution >= 0.6 is 11.3 Å². The number of hydrogen-bond acceptors (Lipinski definition) is 3. The zero-order valence-electron chi connectivity index (χ0n) is 11.3. The number of carbonyl (C=O) groups excluding carboxylic acids is 1. The third-order valence-electron chi connectivity index (χ3n) is 3.75. The van der Waals surface area contributed by atoms with Crippen molar-refractivity contribution in [3.63, 3.8) is 0 Å². The Morgan fingerprint density at radius 3 is 2.74 bits per heavy atom. The van der Waals surface area contributed by atoms with Gasteiger partial charge in [0.15, 0.2) is 0 Å². The normalized spacial score (nSPS) is 22.7. The van der Waals surface area contributed by atoms with Gasteiger partial charge in [-0.25, -0.2) is 4.79 Å². The topological polar surface area (TPSA) is 57.6 Å². The fourth-order valence-corrected chi connectivity index (χ4v) is 3.68. The number of rotatable bonds is 4. The first-order valence-electron chi connectivity index (χ1n) is 6.63. The van der Waals surface area contributed by atoms with Crippen molar-refractivity contribution in [1.29, 1.82) is 0 Å². The predicted octanol–water partition coefficient (Wildman–Crippen LogP) is 2.92. The van der Waals surface area contributed by atoms with Gasteiger partial charge in [0.1, 0.15) is 5.54 Å². The Balaban J connectivity index is 2.31. The zero-order valence-corrected chi connectivity index (χ0v) is 12.1. The average molecular weight is 281 g/mol. The van der Waals surface area contributed by atoms with Gasteiger partial charge in [0.05, 0.1) is 4.88 Å².